The first-order chi connectivity index (χ1) is 21.0. The largest absolute Gasteiger partial charge is 0.418 e. The van der Waals surface area contributed by atoms with Gasteiger partial charge in [0, 0.05) is 32.7 Å². The highest BCUT2D eigenvalue weighted by Crippen LogP contribution is 2.39. The van der Waals surface area contributed by atoms with Crippen molar-refractivity contribution >= 4 is 28.6 Å². The summed E-state index contributed by atoms with van der Waals surface area (Å²) in [5.74, 6) is 0.402. The lowest BCUT2D eigenvalue weighted by atomic mass is 9.87. The number of amides is 1. The van der Waals surface area contributed by atoms with E-state index in [1.165, 1.54) is 37.4 Å². The molecular formula is C30H32F3N9O2. The minimum Gasteiger partial charge on any atom is -0.352 e. The third-order valence-electron chi connectivity index (χ3n) is 9.14. The Morgan fingerprint density at radius 2 is 1.98 bits per heavy atom. The van der Waals surface area contributed by atoms with E-state index in [9.17, 15) is 28.0 Å². The van der Waals surface area contributed by atoms with Crippen molar-refractivity contribution in [2.24, 2.45) is 0 Å². The number of nitrogens with zero attached hydrogens (tertiary/aromatic N) is 9. The Bertz CT molecular complexity index is 1740. The number of aromatic nitrogens is 4. The maximum Gasteiger partial charge on any atom is 0.418 e. The topological polar surface area (TPSA) is 114 Å². The van der Waals surface area contributed by atoms with Crippen LogP contribution < -0.4 is 15.4 Å². The molecule has 1 spiro atoms. The fourth-order valence-corrected chi connectivity index (χ4v) is 6.76. The number of hydrogen-bond donors (Lipinski definition) is 0. The second-order valence-electron chi connectivity index (χ2n) is 11.7. The molecule has 3 aliphatic rings. The quantitative estimate of drug-likeness (QED) is 0.404. The summed E-state index contributed by atoms with van der Waals surface area (Å²) in [5, 5.41) is 13.9. The fraction of sp³-hybridized carbons (Fsp3) is 0.467. The summed E-state index contributed by atoms with van der Waals surface area (Å²) >= 11 is 0. The van der Waals surface area contributed by atoms with E-state index in [-0.39, 0.29) is 46.6 Å². The van der Waals surface area contributed by atoms with E-state index in [0.717, 1.165) is 24.1 Å². The number of alkyl halides is 3. The Morgan fingerprint density at radius 1 is 1.20 bits per heavy atom. The summed E-state index contributed by atoms with van der Waals surface area (Å²) in [7, 11) is 2.08. The van der Waals surface area contributed by atoms with Gasteiger partial charge in [0.15, 0.2) is 0 Å². The summed E-state index contributed by atoms with van der Waals surface area (Å²) in [6.07, 6.45) is 0.00438. The molecule has 1 atom stereocenters. The van der Waals surface area contributed by atoms with E-state index in [1.54, 1.807) is 4.90 Å². The molecule has 2 aromatic heterocycles. The van der Waals surface area contributed by atoms with E-state index >= 15 is 0 Å². The Kier molecular flexibility index (Phi) is 7.31. The van der Waals surface area contributed by atoms with Crippen LogP contribution in [0.3, 0.4) is 0 Å². The van der Waals surface area contributed by atoms with Crippen molar-refractivity contribution in [3.8, 4) is 11.8 Å². The molecule has 3 aromatic rings. The van der Waals surface area contributed by atoms with Crippen molar-refractivity contribution < 1.29 is 18.0 Å². The molecule has 5 heterocycles. The molecule has 230 valence electrons. The standard InChI is InChI=1S/C30H32F3N9O2/c1-4-23(43)41-14-13-39(16-20(41)9-11-34)26-21-15-35-42(22-8-5-7-19(2)24(22)30(31,32)33)27(44)25(21)36-28(37-26)40-17-29(18-40)10-6-12-38(29)3/h4-5,7-8,15,20H,1,6,9-10,12-14,16-18H2,2-3H3. The predicted molar refractivity (Wildman–Crippen MR) is 158 cm³/mol. The van der Waals surface area contributed by atoms with Crippen LogP contribution in [0.2, 0.25) is 0 Å². The number of likely N-dealkylation sites (tertiary alicyclic amines) is 1. The number of nitriles is 1. The average molecular weight is 608 g/mol. The number of halogens is 3. The van der Waals surface area contributed by atoms with E-state index in [4.69, 9.17) is 4.98 Å². The van der Waals surface area contributed by atoms with Crippen LogP contribution in [0.4, 0.5) is 24.9 Å². The van der Waals surface area contributed by atoms with Gasteiger partial charge in [0.25, 0.3) is 5.56 Å². The number of piperazine rings is 1. The number of hydrogen-bond acceptors (Lipinski definition) is 9. The number of fused-ring (bicyclic) bond motifs is 1. The van der Waals surface area contributed by atoms with Crippen LogP contribution in [0.1, 0.15) is 30.4 Å². The van der Waals surface area contributed by atoms with Gasteiger partial charge in [0.2, 0.25) is 11.9 Å². The molecule has 11 nitrogen and oxygen atoms in total. The molecule has 3 fully saturated rings. The van der Waals surface area contributed by atoms with Gasteiger partial charge in [-0.15, -0.1) is 0 Å². The van der Waals surface area contributed by atoms with Gasteiger partial charge in [0.1, 0.15) is 11.3 Å². The van der Waals surface area contributed by atoms with Crippen molar-refractivity contribution in [3.63, 3.8) is 0 Å². The lowest BCUT2D eigenvalue weighted by molar-refractivity contribution is -0.138. The normalized spacial score (nSPS) is 20.2. The van der Waals surface area contributed by atoms with Gasteiger partial charge in [-0.1, -0.05) is 18.7 Å². The first-order valence-corrected chi connectivity index (χ1v) is 14.5. The first-order valence-electron chi connectivity index (χ1n) is 14.5. The molecule has 0 saturated carbocycles. The molecule has 14 heteroatoms. The molecule has 0 N–H and O–H groups in total. The average Bonchev–Trinajstić information content (AvgIpc) is 3.36. The van der Waals surface area contributed by atoms with Crippen molar-refractivity contribution in [1.82, 2.24) is 29.5 Å². The Morgan fingerprint density at radius 3 is 2.64 bits per heavy atom. The summed E-state index contributed by atoms with van der Waals surface area (Å²) in [4.78, 5) is 43.8. The fourth-order valence-electron chi connectivity index (χ4n) is 6.76. The van der Waals surface area contributed by atoms with Gasteiger partial charge in [-0.3, -0.25) is 14.5 Å². The minimum atomic E-state index is -4.71. The van der Waals surface area contributed by atoms with Crippen molar-refractivity contribution in [2.45, 2.75) is 43.9 Å². The SMILES string of the molecule is C=CC(=O)N1CCN(c2nc(N3CC4(CCCN4C)C3)nc3c(=O)n(-c4cccc(C)c4C(F)(F)F)ncc23)CC1CC#N. The Labute approximate surface area is 251 Å². The van der Waals surface area contributed by atoms with Gasteiger partial charge < -0.3 is 14.7 Å². The second-order valence-corrected chi connectivity index (χ2v) is 11.7. The molecule has 1 aromatic carbocycles. The number of carbonyl (C=O) groups is 1. The van der Waals surface area contributed by atoms with E-state index < -0.39 is 23.3 Å². The maximum atomic E-state index is 14.1. The Hall–Kier alpha value is -4.51. The van der Waals surface area contributed by atoms with Crippen LogP contribution in [-0.2, 0) is 11.0 Å². The zero-order chi connectivity index (χ0) is 31.4. The first kappa shape index (κ1) is 29.6. The van der Waals surface area contributed by atoms with Crippen LogP contribution in [0.5, 0.6) is 0 Å². The van der Waals surface area contributed by atoms with Gasteiger partial charge in [-0.25, -0.2) is 4.98 Å². The summed E-state index contributed by atoms with van der Waals surface area (Å²) in [6.45, 7) is 8.09. The van der Waals surface area contributed by atoms with Crippen molar-refractivity contribution in [1.29, 1.82) is 5.26 Å². The van der Waals surface area contributed by atoms with Gasteiger partial charge in [-0.05, 0) is 51.1 Å². The molecule has 1 unspecified atom stereocenters. The van der Waals surface area contributed by atoms with Crippen LogP contribution in [0.15, 0.2) is 41.8 Å². The lowest BCUT2D eigenvalue weighted by Crippen LogP contribution is -2.67. The lowest BCUT2D eigenvalue weighted by Gasteiger charge is -2.52. The molecule has 3 aliphatic heterocycles. The van der Waals surface area contributed by atoms with Crippen LogP contribution >= 0.6 is 0 Å². The van der Waals surface area contributed by atoms with E-state index in [0.29, 0.717) is 37.9 Å². The maximum absolute atomic E-state index is 14.1. The number of aryl methyl sites for hydroxylation is 1. The molecule has 1 amide bonds. The highest BCUT2D eigenvalue weighted by molar-refractivity contribution is 5.90. The highest BCUT2D eigenvalue weighted by Gasteiger charge is 2.49. The molecule has 0 radical (unpaired) electrons. The number of carbonyl (C=O) groups excluding carboxylic acids is 1. The smallest absolute Gasteiger partial charge is 0.352 e. The minimum absolute atomic E-state index is 0.00529. The summed E-state index contributed by atoms with van der Waals surface area (Å²) < 4.78 is 43.1. The van der Waals surface area contributed by atoms with Gasteiger partial charge in [-0.2, -0.15) is 33.2 Å². The Balaban J connectivity index is 1.48. The monoisotopic (exact) mass is 607 g/mol. The van der Waals surface area contributed by atoms with Crippen molar-refractivity contribution in [2.75, 3.05) is 56.1 Å². The third kappa shape index (κ3) is 4.85. The molecule has 0 bridgehead atoms. The molecule has 6 rings (SSSR count). The number of rotatable bonds is 5. The molecule has 44 heavy (non-hydrogen) atoms. The predicted octanol–water partition coefficient (Wildman–Crippen LogP) is 2.90. The zero-order valence-corrected chi connectivity index (χ0v) is 24.5. The number of anilines is 2. The second kappa shape index (κ2) is 10.9. The molecule has 3 saturated heterocycles. The third-order valence-corrected chi connectivity index (χ3v) is 9.14. The summed E-state index contributed by atoms with van der Waals surface area (Å²) in [5.41, 5.74) is -2.22. The molecule has 0 aliphatic carbocycles. The highest BCUT2D eigenvalue weighted by atomic mass is 19.4. The molecular weight excluding hydrogens is 575 g/mol. The van der Waals surface area contributed by atoms with Gasteiger partial charge in [0.05, 0.1) is 46.9 Å². The number of benzene rings is 1. The van der Waals surface area contributed by atoms with Crippen LogP contribution in [0.25, 0.3) is 16.6 Å². The van der Waals surface area contributed by atoms with E-state index in [2.05, 4.69) is 34.7 Å². The zero-order valence-electron chi connectivity index (χ0n) is 24.5. The van der Waals surface area contributed by atoms with Crippen LogP contribution in [-0.4, -0.2) is 93.4 Å². The van der Waals surface area contributed by atoms with Crippen LogP contribution in [0, 0.1) is 18.3 Å². The summed E-state index contributed by atoms with van der Waals surface area (Å²) in [6, 6.07) is 5.69. The number of likely N-dealkylation sites (N-methyl/N-ethyl adjacent to an activating group) is 1. The van der Waals surface area contributed by atoms with Crippen molar-refractivity contribution in [3.05, 3.63) is 58.5 Å². The van der Waals surface area contributed by atoms with Gasteiger partial charge >= 0.3 is 6.18 Å². The van der Waals surface area contributed by atoms with E-state index in [1.807, 2.05) is 9.80 Å².